The highest BCUT2D eigenvalue weighted by molar-refractivity contribution is 7.00. The maximum absolute atomic E-state index is 2.75. The van der Waals surface area contributed by atoms with Gasteiger partial charge in [-0.3, -0.25) is 0 Å². The fourth-order valence-electron chi connectivity index (χ4n) is 17.7. The van der Waals surface area contributed by atoms with E-state index < -0.39 is 0 Å². The van der Waals surface area contributed by atoms with Gasteiger partial charge in [0.15, 0.2) is 0 Å². The Morgan fingerprint density at radius 3 is 0.906 bits per heavy atom. The summed E-state index contributed by atoms with van der Waals surface area (Å²) >= 11 is 0. The van der Waals surface area contributed by atoms with E-state index in [4.69, 9.17) is 0 Å². The third kappa shape index (κ3) is 10.4. The Labute approximate surface area is 624 Å². The average Bonchev–Trinajstić information content (AvgIpc) is 1.26. The molecule has 0 atom stereocenters. The lowest BCUT2D eigenvalue weighted by Gasteiger charge is -2.46. The highest BCUT2D eigenvalue weighted by Gasteiger charge is 2.46. The molecule has 0 fully saturated rings. The summed E-state index contributed by atoms with van der Waals surface area (Å²) in [5, 5.41) is 10.3. The minimum Gasteiger partial charge on any atom is -0.310 e. The van der Waals surface area contributed by atoms with Gasteiger partial charge in [0, 0.05) is 55.8 Å². The molecule has 0 saturated heterocycles. The van der Waals surface area contributed by atoms with E-state index in [1.165, 1.54) is 126 Å². The molecule has 0 saturated carbocycles. The molecule has 0 N–H and O–H groups in total. The smallest absolute Gasteiger partial charge is 0.252 e. The zero-order valence-corrected chi connectivity index (χ0v) is 62.8. The molecule has 17 aromatic rings. The summed E-state index contributed by atoms with van der Waals surface area (Å²) in [4.78, 5) is 5.50. The number of hydrogen-bond donors (Lipinski definition) is 0. The van der Waals surface area contributed by atoms with Crippen LogP contribution in [-0.4, -0.2) is 11.3 Å². The number of anilines is 6. The molecule has 106 heavy (non-hydrogen) atoms. The predicted octanol–water partition coefficient (Wildman–Crippen LogP) is 26.4. The summed E-state index contributed by atoms with van der Waals surface area (Å²) < 4.78 is 2.65. The third-order valence-electron chi connectivity index (χ3n) is 23.3. The van der Waals surface area contributed by atoms with E-state index in [2.05, 4.69) is 401 Å². The number of benzene rings is 16. The number of rotatable bonds is 9. The molecule has 4 heteroatoms. The summed E-state index contributed by atoms with van der Waals surface area (Å²) in [7, 11) is 0. The Balaban J connectivity index is 1.03. The molecular weight excluding hydrogens is 1280 g/mol. The summed E-state index contributed by atoms with van der Waals surface area (Å²) in [5.74, 6) is 0. The summed E-state index contributed by atoms with van der Waals surface area (Å²) in [6, 6.07) is 117. The molecule has 2 aliphatic heterocycles. The number of fused-ring (bicyclic) bond motifs is 5. The van der Waals surface area contributed by atoms with E-state index in [1.54, 1.807) is 0 Å². The molecule has 0 bridgehead atoms. The maximum Gasteiger partial charge on any atom is 0.252 e. The molecule has 3 heterocycles. The SMILES string of the molecule is CC(C)(C)c1ccc(-c2ccc3c(c2)N(c2c(-c4ccccc4)cc(C(C)(C)C)cc2-c2ccccc2)c2cc(-n4c5ccc6cccc7c8cccc9ccc4c(c98)c5c67)cc4c2B3c2ccc(-c3ccc(C(C)(C)C)cc3)cc2N4c2c(-c3ccccc3)cc(C(C)(C)C)cc2-c2ccccc2)cc1. The van der Waals surface area contributed by atoms with Crippen LogP contribution in [0, 0.1) is 0 Å². The lowest BCUT2D eigenvalue weighted by molar-refractivity contribution is 0.590. The molecule has 0 spiro atoms. The van der Waals surface area contributed by atoms with Crippen LogP contribution < -0.4 is 26.2 Å². The van der Waals surface area contributed by atoms with Crippen LogP contribution >= 0.6 is 0 Å². The molecule has 512 valence electrons. The second-order valence-electron chi connectivity index (χ2n) is 34.1. The van der Waals surface area contributed by atoms with Crippen molar-refractivity contribution in [1.29, 1.82) is 0 Å². The van der Waals surface area contributed by atoms with E-state index in [0.717, 1.165) is 73.2 Å². The highest BCUT2D eigenvalue weighted by atomic mass is 15.2. The van der Waals surface area contributed by atoms with Gasteiger partial charge in [-0.05, 0) is 198 Å². The van der Waals surface area contributed by atoms with Crippen LogP contribution in [-0.2, 0) is 21.7 Å². The largest absolute Gasteiger partial charge is 0.310 e. The van der Waals surface area contributed by atoms with E-state index in [-0.39, 0.29) is 28.4 Å². The van der Waals surface area contributed by atoms with Crippen LogP contribution in [0.4, 0.5) is 34.1 Å². The van der Waals surface area contributed by atoms with Gasteiger partial charge in [-0.25, -0.2) is 0 Å². The van der Waals surface area contributed by atoms with E-state index in [0.29, 0.717) is 0 Å². The zero-order valence-electron chi connectivity index (χ0n) is 62.8. The van der Waals surface area contributed by atoms with Crippen molar-refractivity contribution in [3.63, 3.8) is 0 Å². The Morgan fingerprint density at radius 2 is 0.575 bits per heavy atom. The molecule has 3 nitrogen and oxygen atoms in total. The molecule has 19 rings (SSSR count). The van der Waals surface area contributed by atoms with Gasteiger partial charge < -0.3 is 14.4 Å². The van der Waals surface area contributed by atoms with Gasteiger partial charge in [-0.2, -0.15) is 0 Å². The molecule has 0 unspecified atom stereocenters. The standard InChI is InChI=1S/C102H86BN3/c1-99(2,3)73-47-39-63(40-48-73)71-43-51-84-88(55-71)105(97-80(65-27-17-13-18-28-65)57-75(101(7,8)9)58-81(97)66-29-19-14-20-30-66)90-61-77(104-86-53-45-69-35-25-37-78-79-38-26-36-70-46-54-87(104)95(93(70)79)94(86)92(69)78)62-91-96(90)103(84)85-52-44-72(64-41-49-74(50-42-64)100(4,5)6)56-89(85)106(91)98-82(67-31-21-15-22-32-67)59-76(102(10,11)12)60-83(98)68-33-23-16-24-34-68/h13-62H,1-12H3. The van der Waals surface area contributed by atoms with Gasteiger partial charge in [0.25, 0.3) is 6.71 Å². The molecule has 0 radical (unpaired) electrons. The zero-order chi connectivity index (χ0) is 72.4. The lowest BCUT2D eigenvalue weighted by Crippen LogP contribution is -2.61. The number of nitrogens with zero attached hydrogens (tertiary/aromatic N) is 3. The van der Waals surface area contributed by atoms with Crippen LogP contribution in [0.15, 0.2) is 303 Å². The first-order chi connectivity index (χ1) is 51.1. The van der Waals surface area contributed by atoms with Crippen molar-refractivity contribution in [2.75, 3.05) is 9.80 Å². The Kier molecular flexibility index (Phi) is 14.7. The van der Waals surface area contributed by atoms with Gasteiger partial charge >= 0.3 is 0 Å². The van der Waals surface area contributed by atoms with Gasteiger partial charge in [-0.1, -0.05) is 326 Å². The molecule has 0 amide bonds. The lowest BCUT2D eigenvalue weighted by atomic mass is 9.33. The first-order valence-corrected chi connectivity index (χ1v) is 37.9. The summed E-state index contributed by atoms with van der Waals surface area (Å²) in [6.45, 7) is 27.8. The monoisotopic (exact) mass is 1360 g/mol. The second-order valence-corrected chi connectivity index (χ2v) is 34.1. The van der Waals surface area contributed by atoms with Gasteiger partial charge in [-0.15, -0.1) is 0 Å². The summed E-state index contributed by atoms with van der Waals surface area (Å²) in [5.41, 5.74) is 32.7. The Morgan fingerprint density at radius 1 is 0.245 bits per heavy atom. The predicted molar refractivity (Wildman–Crippen MR) is 457 cm³/mol. The highest BCUT2D eigenvalue weighted by Crippen LogP contribution is 2.57. The topological polar surface area (TPSA) is 11.4 Å². The minimum absolute atomic E-state index is 0.0134. The maximum atomic E-state index is 2.75. The second kappa shape index (κ2) is 23.9. The first kappa shape index (κ1) is 65.1. The average molecular weight is 1360 g/mol. The van der Waals surface area contributed by atoms with Crippen LogP contribution in [0.3, 0.4) is 0 Å². The van der Waals surface area contributed by atoms with E-state index in [9.17, 15) is 0 Å². The fourth-order valence-corrected chi connectivity index (χ4v) is 17.7. The van der Waals surface area contributed by atoms with Crippen molar-refractivity contribution in [1.82, 2.24) is 4.57 Å². The van der Waals surface area contributed by atoms with Crippen molar-refractivity contribution in [3.8, 4) is 72.4 Å². The van der Waals surface area contributed by atoms with Crippen LogP contribution in [0.25, 0.3) is 127 Å². The van der Waals surface area contributed by atoms with Gasteiger partial charge in [0.2, 0.25) is 0 Å². The molecule has 0 aliphatic carbocycles. The number of aromatic nitrogens is 1. The first-order valence-electron chi connectivity index (χ1n) is 37.9. The Hall–Kier alpha value is -11.7. The fraction of sp³-hybridized carbons (Fsp3) is 0.157. The minimum atomic E-state index is -0.243. The van der Waals surface area contributed by atoms with Crippen molar-refractivity contribution < 1.29 is 0 Å². The van der Waals surface area contributed by atoms with E-state index >= 15 is 0 Å². The van der Waals surface area contributed by atoms with Crippen molar-refractivity contribution >= 4 is 111 Å². The third-order valence-corrected chi connectivity index (χ3v) is 23.3. The van der Waals surface area contributed by atoms with Crippen LogP contribution in [0.5, 0.6) is 0 Å². The van der Waals surface area contributed by atoms with Crippen molar-refractivity contribution in [2.24, 2.45) is 0 Å². The van der Waals surface area contributed by atoms with Crippen LogP contribution in [0.1, 0.15) is 105 Å². The molecular formula is C102H86BN3. The summed E-state index contributed by atoms with van der Waals surface area (Å²) in [6.07, 6.45) is 0. The van der Waals surface area contributed by atoms with Gasteiger partial charge in [0.1, 0.15) is 0 Å². The Bertz CT molecular complexity index is 5810. The molecule has 1 aromatic heterocycles. The quantitative estimate of drug-likeness (QED) is 0.0811. The van der Waals surface area contributed by atoms with Crippen molar-refractivity contribution in [3.05, 3.63) is 326 Å². The van der Waals surface area contributed by atoms with Gasteiger partial charge in [0.05, 0.1) is 28.1 Å². The molecule has 16 aromatic carbocycles. The van der Waals surface area contributed by atoms with E-state index in [1.807, 2.05) is 0 Å². The number of hydrogen-bond acceptors (Lipinski definition) is 2. The molecule has 2 aliphatic rings. The van der Waals surface area contributed by atoms with Crippen LogP contribution in [0.2, 0.25) is 0 Å². The van der Waals surface area contributed by atoms with Crippen molar-refractivity contribution in [2.45, 2.75) is 105 Å². The normalized spacial score (nSPS) is 13.2.